The molecule has 4 nitrogen and oxygen atoms in total. The Labute approximate surface area is 113 Å². The van der Waals surface area contributed by atoms with E-state index in [0.717, 1.165) is 24.2 Å². The van der Waals surface area contributed by atoms with E-state index in [2.05, 4.69) is 13.5 Å². The molecule has 0 aromatic heterocycles. The number of ether oxygens (including phenoxy) is 1. The van der Waals surface area contributed by atoms with Gasteiger partial charge < -0.3 is 4.74 Å². The Bertz CT molecular complexity index is 481. The van der Waals surface area contributed by atoms with E-state index in [1.54, 1.807) is 12.1 Å². The number of nitrogens with zero attached hydrogens (tertiary/aromatic N) is 1. The van der Waals surface area contributed by atoms with E-state index in [4.69, 9.17) is 4.74 Å². The number of non-ortho nitro benzene ring substituents is 1. The topological polar surface area (TPSA) is 52.4 Å². The van der Waals surface area contributed by atoms with E-state index in [9.17, 15) is 10.1 Å². The summed E-state index contributed by atoms with van der Waals surface area (Å²) in [4.78, 5) is 10.3. The Balaban J connectivity index is 2.23. The summed E-state index contributed by atoms with van der Waals surface area (Å²) >= 11 is 0. The van der Waals surface area contributed by atoms with Gasteiger partial charge in [0.2, 0.25) is 0 Å². The average molecular weight is 261 g/mol. The number of nitro groups is 1. The van der Waals surface area contributed by atoms with Crippen molar-refractivity contribution in [3.05, 3.63) is 52.1 Å². The van der Waals surface area contributed by atoms with Crippen molar-refractivity contribution in [1.29, 1.82) is 0 Å². The number of benzene rings is 1. The third-order valence-corrected chi connectivity index (χ3v) is 3.65. The predicted octanol–water partition coefficient (Wildman–Crippen LogP) is 3.88. The molecule has 1 aliphatic heterocycles. The largest absolute Gasteiger partial charge is 0.373 e. The highest BCUT2D eigenvalue weighted by Crippen LogP contribution is 2.39. The van der Waals surface area contributed by atoms with Crippen LogP contribution in [0.2, 0.25) is 0 Å². The van der Waals surface area contributed by atoms with E-state index in [1.807, 2.05) is 6.92 Å². The van der Waals surface area contributed by atoms with Crippen LogP contribution in [0.4, 0.5) is 5.69 Å². The summed E-state index contributed by atoms with van der Waals surface area (Å²) in [6.45, 7) is 8.96. The molecule has 1 aliphatic rings. The highest BCUT2D eigenvalue weighted by molar-refractivity contribution is 5.34. The summed E-state index contributed by atoms with van der Waals surface area (Å²) in [5, 5.41) is 10.7. The van der Waals surface area contributed by atoms with Crippen LogP contribution in [-0.2, 0) is 4.74 Å². The van der Waals surface area contributed by atoms with E-state index >= 15 is 0 Å². The van der Waals surface area contributed by atoms with Crippen LogP contribution >= 0.6 is 0 Å². The molecule has 0 unspecified atom stereocenters. The Morgan fingerprint density at radius 3 is 2.58 bits per heavy atom. The summed E-state index contributed by atoms with van der Waals surface area (Å²) in [5.41, 5.74) is 2.21. The molecule has 0 amide bonds. The van der Waals surface area contributed by atoms with E-state index < -0.39 is 0 Å². The van der Waals surface area contributed by atoms with Crippen molar-refractivity contribution in [1.82, 2.24) is 0 Å². The van der Waals surface area contributed by atoms with Gasteiger partial charge in [0, 0.05) is 18.1 Å². The first-order chi connectivity index (χ1) is 8.99. The molecule has 1 heterocycles. The lowest BCUT2D eigenvalue weighted by Crippen LogP contribution is -2.28. The summed E-state index contributed by atoms with van der Waals surface area (Å²) in [5.74, 6) is 0.807. The van der Waals surface area contributed by atoms with Gasteiger partial charge in [0.15, 0.2) is 0 Å². The van der Waals surface area contributed by atoms with E-state index in [1.165, 1.54) is 12.1 Å². The lowest BCUT2D eigenvalue weighted by Gasteiger charge is -2.35. The van der Waals surface area contributed by atoms with Crippen LogP contribution in [0.25, 0.3) is 0 Å². The standard InChI is InChI=1S/C15H19NO3/c1-10(2)14-8-11(3)9-19-15(14)12-4-6-13(7-5-12)16(17)18/h4-7,11,14-15H,1,8-9H2,2-3H3/t11-,14-,15-/m1/s1. The van der Waals surface area contributed by atoms with Gasteiger partial charge in [-0.15, -0.1) is 0 Å². The maximum atomic E-state index is 10.7. The van der Waals surface area contributed by atoms with Crippen LogP contribution in [0, 0.1) is 22.0 Å². The highest BCUT2D eigenvalue weighted by atomic mass is 16.6. The SMILES string of the molecule is C=C(C)[C@H]1C[C@@H](C)CO[C@@H]1c1ccc([N+](=O)[O-])cc1. The molecule has 0 N–H and O–H groups in total. The van der Waals surface area contributed by atoms with Gasteiger partial charge >= 0.3 is 0 Å². The van der Waals surface area contributed by atoms with Crippen molar-refractivity contribution in [2.24, 2.45) is 11.8 Å². The summed E-state index contributed by atoms with van der Waals surface area (Å²) < 4.78 is 5.92. The fourth-order valence-corrected chi connectivity index (χ4v) is 2.58. The van der Waals surface area contributed by atoms with Crippen LogP contribution in [0.1, 0.15) is 31.9 Å². The lowest BCUT2D eigenvalue weighted by atomic mass is 9.81. The smallest absolute Gasteiger partial charge is 0.269 e. The van der Waals surface area contributed by atoms with E-state index in [-0.39, 0.29) is 22.6 Å². The van der Waals surface area contributed by atoms with Gasteiger partial charge in [-0.1, -0.05) is 19.1 Å². The first kappa shape index (κ1) is 13.7. The zero-order chi connectivity index (χ0) is 14.0. The van der Waals surface area contributed by atoms with Crippen molar-refractivity contribution in [2.45, 2.75) is 26.4 Å². The van der Waals surface area contributed by atoms with Gasteiger partial charge in [-0.05, 0) is 37.0 Å². The molecule has 1 aromatic rings. The first-order valence-electron chi connectivity index (χ1n) is 6.50. The maximum Gasteiger partial charge on any atom is 0.269 e. The second-order valence-electron chi connectivity index (χ2n) is 5.40. The number of hydrogen-bond acceptors (Lipinski definition) is 3. The minimum atomic E-state index is -0.385. The lowest BCUT2D eigenvalue weighted by molar-refractivity contribution is -0.384. The second kappa shape index (κ2) is 5.53. The molecule has 3 atom stereocenters. The van der Waals surface area contributed by atoms with E-state index in [0.29, 0.717) is 5.92 Å². The highest BCUT2D eigenvalue weighted by Gasteiger charge is 2.31. The van der Waals surface area contributed by atoms with Crippen molar-refractivity contribution >= 4 is 5.69 Å². The van der Waals surface area contributed by atoms with Gasteiger partial charge in [0.05, 0.1) is 17.6 Å². The van der Waals surface area contributed by atoms with Crippen LogP contribution in [0.5, 0.6) is 0 Å². The molecule has 0 aliphatic carbocycles. The third-order valence-electron chi connectivity index (χ3n) is 3.65. The number of rotatable bonds is 3. The summed E-state index contributed by atoms with van der Waals surface area (Å²) in [6.07, 6.45) is 1.02. The molecular weight excluding hydrogens is 242 g/mol. The van der Waals surface area contributed by atoms with Crippen molar-refractivity contribution in [3.63, 3.8) is 0 Å². The first-order valence-corrected chi connectivity index (χ1v) is 6.50. The van der Waals surface area contributed by atoms with Gasteiger partial charge in [-0.3, -0.25) is 10.1 Å². The van der Waals surface area contributed by atoms with Crippen LogP contribution < -0.4 is 0 Å². The molecule has 1 aromatic carbocycles. The zero-order valence-electron chi connectivity index (χ0n) is 11.3. The Morgan fingerprint density at radius 2 is 2.05 bits per heavy atom. The number of nitro benzene ring substituents is 1. The van der Waals surface area contributed by atoms with Gasteiger partial charge in [0.25, 0.3) is 5.69 Å². The quantitative estimate of drug-likeness (QED) is 0.471. The molecule has 0 spiro atoms. The molecular formula is C15H19NO3. The molecule has 0 saturated carbocycles. The van der Waals surface area contributed by atoms with Gasteiger partial charge in [-0.25, -0.2) is 0 Å². The summed E-state index contributed by atoms with van der Waals surface area (Å²) in [7, 11) is 0. The molecule has 4 heteroatoms. The molecule has 19 heavy (non-hydrogen) atoms. The molecule has 1 saturated heterocycles. The normalized spacial score (nSPS) is 26.9. The van der Waals surface area contributed by atoms with Crippen molar-refractivity contribution in [3.8, 4) is 0 Å². The van der Waals surface area contributed by atoms with Crippen molar-refractivity contribution < 1.29 is 9.66 Å². The molecule has 1 fully saturated rings. The zero-order valence-corrected chi connectivity index (χ0v) is 11.3. The van der Waals surface area contributed by atoms with Gasteiger partial charge in [0.1, 0.15) is 0 Å². The Kier molecular flexibility index (Phi) is 4.00. The Hall–Kier alpha value is -1.68. The second-order valence-corrected chi connectivity index (χ2v) is 5.40. The molecule has 2 rings (SSSR count). The summed E-state index contributed by atoms with van der Waals surface area (Å²) in [6, 6.07) is 6.64. The predicted molar refractivity (Wildman–Crippen MR) is 73.9 cm³/mol. The fraction of sp³-hybridized carbons (Fsp3) is 0.467. The van der Waals surface area contributed by atoms with Crippen molar-refractivity contribution in [2.75, 3.05) is 6.61 Å². The number of hydrogen-bond donors (Lipinski definition) is 0. The van der Waals surface area contributed by atoms with Crippen LogP contribution in [0.3, 0.4) is 0 Å². The van der Waals surface area contributed by atoms with Crippen LogP contribution in [-0.4, -0.2) is 11.5 Å². The monoisotopic (exact) mass is 261 g/mol. The minimum absolute atomic E-state index is 0.0329. The molecule has 0 bridgehead atoms. The Morgan fingerprint density at radius 1 is 1.42 bits per heavy atom. The average Bonchev–Trinajstić information content (AvgIpc) is 2.38. The van der Waals surface area contributed by atoms with Crippen LogP contribution in [0.15, 0.2) is 36.4 Å². The van der Waals surface area contributed by atoms with Gasteiger partial charge in [-0.2, -0.15) is 0 Å². The third kappa shape index (κ3) is 3.01. The fourth-order valence-electron chi connectivity index (χ4n) is 2.58. The maximum absolute atomic E-state index is 10.7. The minimum Gasteiger partial charge on any atom is -0.373 e. The molecule has 0 radical (unpaired) electrons. The molecule has 102 valence electrons.